The number of hydrogen-bond donors (Lipinski definition) is 2. The second-order valence-corrected chi connectivity index (χ2v) is 8.86. The Morgan fingerprint density at radius 2 is 1.80 bits per heavy atom. The highest BCUT2D eigenvalue weighted by Gasteiger charge is 2.20. The highest BCUT2D eigenvalue weighted by molar-refractivity contribution is 7.89. The number of nitrogens with one attached hydrogen (secondary N) is 2. The molecule has 0 saturated carbocycles. The van der Waals surface area contributed by atoms with Gasteiger partial charge in [0, 0.05) is 38.4 Å². The number of aliphatic imine (C=N–C) groups is 1. The highest BCUT2D eigenvalue weighted by atomic mass is 32.2. The molecule has 7 nitrogen and oxygen atoms in total. The van der Waals surface area contributed by atoms with Crippen molar-refractivity contribution in [2.75, 3.05) is 44.7 Å². The minimum Gasteiger partial charge on any atom is -0.368 e. The Morgan fingerprint density at radius 3 is 2.43 bits per heavy atom. The van der Waals surface area contributed by atoms with Gasteiger partial charge in [-0.25, -0.2) is 22.5 Å². The van der Waals surface area contributed by atoms with Crippen LogP contribution in [0.4, 0.5) is 10.1 Å². The number of sulfonamides is 1. The van der Waals surface area contributed by atoms with Crippen molar-refractivity contribution in [2.24, 2.45) is 4.99 Å². The van der Waals surface area contributed by atoms with E-state index in [0.29, 0.717) is 6.54 Å². The van der Waals surface area contributed by atoms with Crippen LogP contribution in [0.1, 0.15) is 12.5 Å². The fourth-order valence-electron chi connectivity index (χ4n) is 3.35. The van der Waals surface area contributed by atoms with Crippen LogP contribution in [0.2, 0.25) is 0 Å². The van der Waals surface area contributed by atoms with Crippen LogP contribution in [-0.2, 0) is 16.6 Å². The standard InChI is InChI=1S/C21H28FN5O2S/c1-3-24-21(25-16-17-5-4-6-20(15-17)30(28,29)23-2)27-13-11-26(12-14-27)19-9-7-18(22)8-10-19/h4-10,15,23H,3,11-14,16H2,1-2H3,(H,24,25). The van der Waals surface area contributed by atoms with Gasteiger partial charge in [0.15, 0.2) is 5.96 Å². The molecule has 1 aliphatic heterocycles. The predicted molar refractivity (Wildman–Crippen MR) is 118 cm³/mol. The van der Waals surface area contributed by atoms with Crippen LogP contribution in [0.3, 0.4) is 0 Å². The molecule has 1 aliphatic rings. The first kappa shape index (κ1) is 22.0. The molecule has 1 fully saturated rings. The summed E-state index contributed by atoms with van der Waals surface area (Å²) in [5.41, 5.74) is 1.84. The Kier molecular flexibility index (Phi) is 7.28. The molecule has 0 aliphatic carbocycles. The topological polar surface area (TPSA) is 77.0 Å². The molecule has 2 aromatic carbocycles. The van der Waals surface area contributed by atoms with Gasteiger partial charge in [0.2, 0.25) is 10.0 Å². The number of benzene rings is 2. The van der Waals surface area contributed by atoms with Crippen molar-refractivity contribution in [3.05, 3.63) is 59.9 Å². The van der Waals surface area contributed by atoms with Gasteiger partial charge in [-0.15, -0.1) is 0 Å². The van der Waals surface area contributed by atoms with Crippen LogP contribution in [0.15, 0.2) is 58.4 Å². The molecule has 0 amide bonds. The van der Waals surface area contributed by atoms with Crippen LogP contribution in [0, 0.1) is 5.82 Å². The van der Waals surface area contributed by atoms with Gasteiger partial charge in [-0.05, 0) is 55.9 Å². The monoisotopic (exact) mass is 433 g/mol. The number of rotatable bonds is 6. The van der Waals surface area contributed by atoms with Crippen LogP contribution in [-0.4, -0.2) is 59.0 Å². The third kappa shape index (κ3) is 5.48. The molecular weight excluding hydrogens is 405 g/mol. The second kappa shape index (κ2) is 9.90. The summed E-state index contributed by atoms with van der Waals surface area (Å²) in [5, 5.41) is 3.32. The Morgan fingerprint density at radius 1 is 1.10 bits per heavy atom. The number of nitrogens with zero attached hydrogens (tertiary/aromatic N) is 3. The summed E-state index contributed by atoms with van der Waals surface area (Å²) in [7, 11) is -2.08. The number of piperazine rings is 1. The summed E-state index contributed by atoms with van der Waals surface area (Å²) in [6, 6.07) is 13.4. The molecule has 0 atom stereocenters. The fraction of sp³-hybridized carbons (Fsp3) is 0.381. The van der Waals surface area contributed by atoms with Crippen LogP contribution in [0.25, 0.3) is 0 Å². The van der Waals surface area contributed by atoms with Crippen LogP contribution >= 0.6 is 0 Å². The molecule has 1 heterocycles. The predicted octanol–water partition coefficient (Wildman–Crippen LogP) is 2.02. The Labute approximate surface area is 177 Å². The van der Waals surface area contributed by atoms with Crippen LogP contribution in [0.5, 0.6) is 0 Å². The summed E-state index contributed by atoms with van der Waals surface area (Å²) < 4.78 is 39.5. The maximum atomic E-state index is 13.2. The van der Waals surface area contributed by atoms with E-state index >= 15 is 0 Å². The van der Waals surface area contributed by atoms with E-state index in [0.717, 1.165) is 49.9 Å². The van der Waals surface area contributed by atoms with E-state index in [1.165, 1.54) is 19.2 Å². The van der Waals surface area contributed by atoms with Gasteiger partial charge in [-0.1, -0.05) is 12.1 Å². The first-order valence-electron chi connectivity index (χ1n) is 9.99. The Balaban J connectivity index is 1.67. The Bertz CT molecular complexity index is 971. The van der Waals surface area contributed by atoms with Crippen molar-refractivity contribution < 1.29 is 12.8 Å². The first-order valence-corrected chi connectivity index (χ1v) is 11.5. The number of anilines is 1. The average Bonchev–Trinajstić information content (AvgIpc) is 2.77. The van der Waals surface area contributed by atoms with Crippen molar-refractivity contribution in [1.29, 1.82) is 0 Å². The smallest absolute Gasteiger partial charge is 0.240 e. The van der Waals surface area contributed by atoms with Crippen molar-refractivity contribution in [3.63, 3.8) is 0 Å². The molecular formula is C21H28FN5O2S. The largest absolute Gasteiger partial charge is 0.368 e. The molecule has 9 heteroatoms. The number of guanidine groups is 1. The average molecular weight is 434 g/mol. The normalized spacial score (nSPS) is 15.4. The maximum absolute atomic E-state index is 13.2. The lowest BCUT2D eigenvalue weighted by atomic mass is 10.2. The zero-order valence-corrected chi connectivity index (χ0v) is 18.1. The van der Waals surface area contributed by atoms with Gasteiger partial charge < -0.3 is 15.1 Å². The van der Waals surface area contributed by atoms with Crippen LogP contribution < -0.4 is 14.9 Å². The molecule has 0 radical (unpaired) electrons. The number of halogens is 1. The van der Waals surface area contributed by atoms with Crippen molar-refractivity contribution in [3.8, 4) is 0 Å². The summed E-state index contributed by atoms with van der Waals surface area (Å²) in [6.07, 6.45) is 0. The van der Waals surface area contributed by atoms with E-state index in [1.807, 2.05) is 13.0 Å². The van der Waals surface area contributed by atoms with Gasteiger partial charge in [0.25, 0.3) is 0 Å². The van der Waals surface area contributed by atoms with Gasteiger partial charge in [-0.3, -0.25) is 0 Å². The van der Waals surface area contributed by atoms with Gasteiger partial charge in [-0.2, -0.15) is 0 Å². The minimum atomic E-state index is -3.48. The van der Waals surface area contributed by atoms with Gasteiger partial charge in [0.05, 0.1) is 11.4 Å². The van der Waals surface area contributed by atoms with E-state index in [9.17, 15) is 12.8 Å². The molecule has 2 N–H and O–H groups in total. The van der Waals surface area contributed by atoms with Gasteiger partial charge >= 0.3 is 0 Å². The van der Waals surface area contributed by atoms with E-state index in [4.69, 9.17) is 4.99 Å². The molecule has 0 aromatic heterocycles. The molecule has 3 rings (SSSR count). The summed E-state index contributed by atoms with van der Waals surface area (Å²) in [5.74, 6) is 0.573. The summed E-state index contributed by atoms with van der Waals surface area (Å²) in [4.78, 5) is 9.37. The van der Waals surface area contributed by atoms with Gasteiger partial charge in [0.1, 0.15) is 5.82 Å². The lowest BCUT2D eigenvalue weighted by Crippen LogP contribution is -2.52. The SMILES string of the molecule is CCNC(=NCc1cccc(S(=O)(=O)NC)c1)N1CCN(c2ccc(F)cc2)CC1. The third-order valence-electron chi connectivity index (χ3n) is 4.99. The van der Waals surface area contributed by atoms with Crippen molar-refractivity contribution >= 4 is 21.7 Å². The van der Waals surface area contributed by atoms with E-state index < -0.39 is 10.0 Å². The second-order valence-electron chi connectivity index (χ2n) is 6.98. The van der Waals surface area contributed by atoms with E-state index in [-0.39, 0.29) is 10.7 Å². The molecule has 1 saturated heterocycles. The molecule has 30 heavy (non-hydrogen) atoms. The maximum Gasteiger partial charge on any atom is 0.240 e. The zero-order chi connectivity index (χ0) is 21.6. The Hall–Kier alpha value is -2.65. The van der Waals surface area contributed by atoms with E-state index in [1.54, 1.807) is 30.3 Å². The van der Waals surface area contributed by atoms with Crippen molar-refractivity contribution in [1.82, 2.24) is 14.9 Å². The first-order chi connectivity index (χ1) is 14.4. The molecule has 2 aromatic rings. The zero-order valence-electron chi connectivity index (χ0n) is 17.3. The highest BCUT2D eigenvalue weighted by Crippen LogP contribution is 2.17. The number of hydrogen-bond acceptors (Lipinski definition) is 4. The lowest BCUT2D eigenvalue weighted by molar-refractivity contribution is 0.372. The lowest BCUT2D eigenvalue weighted by Gasteiger charge is -2.37. The summed E-state index contributed by atoms with van der Waals surface area (Å²) >= 11 is 0. The molecule has 0 unspecified atom stereocenters. The third-order valence-corrected chi connectivity index (χ3v) is 6.41. The molecule has 162 valence electrons. The molecule has 0 bridgehead atoms. The fourth-order valence-corrected chi connectivity index (χ4v) is 4.15. The minimum absolute atomic E-state index is 0.231. The summed E-state index contributed by atoms with van der Waals surface area (Å²) in [6.45, 7) is 6.34. The van der Waals surface area contributed by atoms with Crippen molar-refractivity contribution in [2.45, 2.75) is 18.4 Å². The molecule has 0 spiro atoms. The van der Waals surface area contributed by atoms with E-state index in [2.05, 4.69) is 19.8 Å². The quantitative estimate of drug-likeness (QED) is 0.539.